The van der Waals surface area contributed by atoms with Gasteiger partial charge in [0.15, 0.2) is 0 Å². The lowest BCUT2D eigenvalue weighted by molar-refractivity contribution is 0.861. The van der Waals surface area contributed by atoms with Crippen molar-refractivity contribution in [3.8, 4) is 0 Å². The summed E-state index contributed by atoms with van der Waals surface area (Å²) < 4.78 is 0. The molecule has 1 N–H and O–H groups in total. The number of nitrogens with one attached hydrogen (secondary N) is 1. The Hall–Kier alpha value is -1.13. The lowest BCUT2D eigenvalue weighted by Gasteiger charge is -2.12. The first-order valence-corrected chi connectivity index (χ1v) is 6.15. The van der Waals surface area contributed by atoms with Crippen LogP contribution < -0.4 is 5.32 Å². The Morgan fingerprint density at radius 2 is 2.25 bits per heavy atom. The number of aromatic nitrogens is 2. The minimum atomic E-state index is 0.117. The van der Waals surface area contributed by atoms with Gasteiger partial charge in [0.1, 0.15) is 10.8 Å². The Bertz CT molecular complexity index is 484. The van der Waals surface area contributed by atoms with Crippen LogP contribution in [0.2, 0.25) is 5.02 Å². The molecule has 1 unspecified atom stereocenters. The summed E-state index contributed by atoms with van der Waals surface area (Å²) in [5, 5.41) is 4.91. The monoisotopic (exact) mass is 253 g/mol. The Balaban J connectivity index is 2.13. The molecule has 5 heteroatoms. The van der Waals surface area contributed by atoms with Crippen molar-refractivity contribution in [2.45, 2.75) is 19.9 Å². The number of anilines is 1. The molecule has 0 fully saturated rings. The number of thiazole rings is 1. The molecule has 0 radical (unpaired) electrons. The van der Waals surface area contributed by atoms with E-state index in [-0.39, 0.29) is 6.04 Å². The fraction of sp³-hybridized carbons (Fsp3) is 0.273. The van der Waals surface area contributed by atoms with Crippen molar-refractivity contribution in [1.29, 1.82) is 0 Å². The summed E-state index contributed by atoms with van der Waals surface area (Å²) in [5.41, 5.74) is 0. The van der Waals surface area contributed by atoms with Gasteiger partial charge in [-0.15, -0.1) is 11.3 Å². The third-order valence-corrected chi connectivity index (χ3v) is 3.52. The van der Waals surface area contributed by atoms with Crippen molar-refractivity contribution < 1.29 is 0 Å². The van der Waals surface area contributed by atoms with E-state index in [2.05, 4.69) is 15.3 Å². The molecule has 0 amide bonds. The Morgan fingerprint density at radius 1 is 1.44 bits per heavy atom. The molecule has 0 aromatic carbocycles. The molecule has 2 aromatic rings. The normalized spacial score (nSPS) is 12.4. The maximum atomic E-state index is 6.02. The third-order valence-electron chi connectivity index (χ3n) is 2.12. The highest BCUT2D eigenvalue weighted by Gasteiger charge is 2.11. The van der Waals surface area contributed by atoms with E-state index in [4.69, 9.17) is 11.6 Å². The van der Waals surface area contributed by atoms with Gasteiger partial charge in [-0.05, 0) is 26.0 Å². The highest BCUT2D eigenvalue weighted by Crippen LogP contribution is 2.25. The van der Waals surface area contributed by atoms with Gasteiger partial charge in [0.05, 0.1) is 11.1 Å². The van der Waals surface area contributed by atoms with E-state index in [9.17, 15) is 0 Å². The molecular weight excluding hydrogens is 242 g/mol. The van der Waals surface area contributed by atoms with E-state index in [0.717, 1.165) is 5.01 Å². The zero-order chi connectivity index (χ0) is 11.5. The average Bonchev–Trinajstić information content (AvgIpc) is 2.68. The summed E-state index contributed by atoms with van der Waals surface area (Å²) in [6.45, 7) is 4.09. The summed E-state index contributed by atoms with van der Waals surface area (Å²) in [7, 11) is 0. The Kier molecular flexibility index (Phi) is 3.41. The third kappa shape index (κ3) is 2.51. The second-order valence-electron chi connectivity index (χ2n) is 3.51. The Labute approximate surface area is 104 Å². The van der Waals surface area contributed by atoms with Gasteiger partial charge in [0.25, 0.3) is 0 Å². The predicted molar refractivity (Wildman–Crippen MR) is 68.1 cm³/mol. The van der Waals surface area contributed by atoms with Crippen LogP contribution in [0.15, 0.2) is 24.5 Å². The van der Waals surface area contributed by atoms with Crippen molar-refractivity contribution in [3.05, 3.63) is 39.4 Å². The maximum absolute atomic E-state index is 6.02. The Morgan fingerprint density at radius 3 is 2.88 bits per heavy atom. The average molecular weight is 254 g/mol. The lowest BCUT2D eigenvalue weighted by atomic mass is 10.3. The molecule has 0 spiro atoms. The van der Waals surface area contributed by atoms with Crippen molar-refractivity contribution >= 4 is 28.8 Å². The molecule has 2 aromatic heterocycles. The zero-order valence-corrected chi connectivity index (χ0v) is 10.6. The van der Waals surface area contributed by atoms with E-state index in [1.165, 1.54) is 4.88 Å². The van der Waals surface area contributed by atoms with Gasteiger partial charge in [-0.25, -0.2) is 9.97 Å². The largest absolute Gasteiger partial charge is 0.360 e. The quantitative estimate of drug-likeness (QED) is 0.907. The standard InChI is InChI=1S/C11H12ClN3S/c1-7-6-14-11(16-7)8(2)15-10-9(12)4-3-5-13-10/h3-6,8H,1-2H3,(H,13,15). The van der Waals surface area contributed by atoms with Crippen molar-refractivity contribution in [1.82, 2.24) is 9.97 Å². The predicted octanol–water partition coefficient (Wildman–Crippen LogP) is 3.67. The van der Waals surface area contributed by atoms with Gasteiger partial charge in [0.2, 0.25) is 0 Å². The van der Waals surface area contributed by atoms with Crippen molar-refractivity contribution in [2.75, 3.05) is 5.32 Å². The number of nitrogens with zero attached hydrogens (tertiary/aromatic N) is 2. The first-order valence-electron chi connectivity index (χ1n) is 4.96. The molecule has 0 aliphatic rings. The van der Waals surface area contributed by atoms with Crippen LogP contribution in [0.1, 0.15) is 22.9 Å². The topological polar surface area (TPSA) is 37.8 Å². The number of hydrogen-bond acceptors (Lipinski definition) is 4. The molecule has 1 atom stereocenters. The van der Waals surface area contributed by atoms with Crippen LogP contribution in [-0.2, 0) is 0 Å². The lowest BCUT2D eigenvalue weighted by Crippen LogP contribution is -2.07. The van der Waals surface area contributed by atoms with Crippen LogP contribution >= 0.6 is 22.9 Å². The van der Waals surface area contributed by atoms with Gasteiger partial charge < -0.3 is 5.32 Å². The molecule has 0 bridgehead atoms. The molecule has 0 saturated heterocycles. The number of pyridine rings is 1. The maximum Gasteiger partial charge on any atom is 0.145 e. The minimum Gasteiger partial charge on any atom is -0.360 e. The number of halogens is 1. The van der Waals surface area contributed by atoms with Crippen LogP contribution in [0.25, 0.3) is 0 Å². The molecule has 2 rings (SSSR count). The molecular formula is C11H12ClN3S. The molecule has 84 valence electrons. The minimum absolute atomic E-state index is 0.117. The first kappa shape index (κ1) is 11.4. The van der Waals surface area contributed by atoms with Crippen LogP contribution in [0, 0.1) is 6.92 Å². The summed E-state index contributed by atoms with van der Waals surface area (Å²) in [5.74, 6) is 0.699. The van der Waals surface area contributed by atoms with Crippen LogP contribution in [-0.4, -0.2) is 9.97 Å². The van der Waals surface area contributed by atoms with E-state index in [1.54, 1.807) is 17.5 Å². The molecule has 16 heavy (non-hydrogen) atoms. The van der Waals surface area contributed by atoms with Crippen molar-refractivity contribution in [3.63, 3.8) is 0 Å². The van der Waals surface area contributed by atoms with Crippen LogP contribution in [0.3, 0.4) is 0 Å². The van der Waals surface area contributed by atoms with Gasteiger partial charge in [0, 0.05) is 17.3 Å². The first-order chi connectivity index (χ1) is 7.66. The highest BCUT2D eigenvalue weighted by molar-refractivity contribution is 7.11. The summed E-state index contributed by atoms with van der Waals surface area (Å²) in [4.78, 5) is 9.72. The fourth-order valence-corrected chi connectivity index (χ4v) is 2.28. The van der Waals surface area contributed by atoms with Gasteiger partial charge in [-0.3, -0.25) is 0 Å². The molecule has 3 nitrogen and oxygen atoms in total. The highest BCUT2D eigenvalue weighted by atomic mass is 35.5. The molecule has 2 heterocycles. The number of hydrogen-bond donors (Lipinski definition) is 1. The van der Waals surface area contributed by atoms with E-state index in [1.807, 2.05) is 32.2 Å². The van der Waals surface area contributed by atoms with E-state index < -0.39 is 0 Å². The fourth-order valence-electron chi connectivity index (χ4n) is 1.33. The van der Waals surface area contributed by atoms with Gasteiger partial charge in [-0.1, -0.05) is 11.6 Å². The summed E-state index contributed by atoms with van der Waals surface area (Å²) in [6, 6.07) is 3.74. The van der Waals surface area contributed by atoms with Crippen LogP contribution in [0.4, 0.5) is 5.82 Å². The van der Waals surface area contributed by atoms with Crippen LogP contribution in [0.5, 0.6) is 0 Å². The number of rotatable bonds is 3. The second kappa shape index (κ2) is 4.80. The summed E-state index contributed by atoms with van der Waals surface area (Å²) in [6.07, 6.45) is 3.59. The smallest absolute Gasteiger partial charge is 0.145 e. The van der Waals surface area contributed by atoms with Gasteiger partial charge >= 0.3 is 0 Å². The van der Waals surface area contributed by atoms with E-state index in [0.29, 0.717) is 10.8 Å². The van der Waals surface area contributed by atoms with Gasteiger partial charge in [-0.2, -0.15) is 0 Å². The van der Waals surface area contributed by atoms with Crippen molar-refractivity contribution in [2.24, 2.45) is 0 Å². The number of aryl methyl sites for hydroxylation is 1. The zero-order valence-electron chi connectivity index (χ0n) is 9.07. The molecule has 0 aliphatic heterocycles. The SMILES string of the molecule is Cc1cnc(C(C)Nc2ncccc2Cl)s1. The summed E-state index contributed by atoms with van der Waals surface area (Å²) >= 11 is 7.70. The van der Waals surface area contributed by atoms with E-state index >= 15 is 0 Å². The molecule has 0 saturated carbocycles. The molecule has 0 aliphatic carbocycles. The second-order valence-corrected chi connectivity index (χ2v) is 5.18.